The van der Waals surface area contributed by atoms with Gasteiger partial charge in [-0.05, 0) is 42.8 Å². The van der Waals surface area contributed by atoms with Crippen LogP contribution in [0.1, 0.15) is 22.8 Å². The lowest BCUT2D eigenvalue weighted by atomic mass is 10.1. The third kappa shape index (κ3) is 4.81. The fourth-order valence-electron chi connectivity index (χ4n) is 1.84. The summed E-state index contributed by atoms with van der Waals surface area (Å²) in [6.07, 6.45) is -0.959. The number of anilines is 1. The van der Waals surface area contributed by atoms with Gasteiger partial charge in [0.25, 0.3) is 5.91 Å². The molecule has 0 aromatic heterocycles. The highest BCUT2D eigenvalue weighted by Crippen LogP contribution is 2.15. The molecule has 23 heavy (non-hydrogen) atoms. The van der Waals surface area contributed by atoms with Crippen molar-refractivity contribution >= 4 is 29.2 Å². The molecule has 5 nitrogen and oxygen atoms in total. The van der Waals surface area contributed by atoms with E-state index in [4.69, 9.17) is 21.4 Å². The van der Waals surface area contributed by atoms with Crippen LogP contribution in [0.3, 0.4) is 0 Å². The largest absolute Gasteiger partial charge is 0.449 e. The molecule has 0 aliphatic carbocycles. The van der Waals surface area contributed by atoms with E-state index in [1.165, 1.54) is 19.1 Å². The Morgan fingerprint density at radius 2 is 1.91 bits per heavy atom. The van der Waals surface area contributed by atoms with Gasteiger partial charge in [-0.3, -0.25) is 4.79 Å². The third-order valence-electron chi connectivity index (χ3n) is 3.12. The summed E-state index contributed by atoms with van der Waals surface area (Å²) in [5.74, 6) is -1.06. The van der Waals surface area contributed by atoms with E-state index in [1.54, 1.807) is 36.4 Å². The van der Waals surface area contributed by atoms with Crippen molar-refractivity contribution in [2.24, 2.45) is 0 Å². The maximum absolute atomic E-state index is 12.0. The average molecular weight is 334 g/mol. The molecular weight excluding hydrogens is 318 g/mol. The van der Waals surface area contributed by atoms with E-state index in [0.29, 0.717) is 21.8 Å². The molecule has 1 atom stereocenters. The molecule has 0 heterocycles. The highest BCUT2D eigenvalue weighted by atomic mass is 35.5. The summed E-state index contributed by atoms with van der Waals surface area (Å²) in [5, 5.41) is 12.1. The predicted molar refractivity (Wildman–Crippen MR) is 87.3 cm³/mol. The molecule has 2 aromatic carbocycles. The molecule has 0 saturated heterocycles. The molecule has 2 N–H and O–H groups in total. The molecule has 2 rings (SSSR count). The Labute approximate surface area is 138 Å². The Kier molecular flexibility index (Phi) is 5.73. The second-order valence-corrected chi connectivity index (χ2v) is 5.34. The number of carbonyl (C=O) groups is 2. The molecule has 2 aromatic rings. The average Bonchev–Trinajstić information content (AvgIpc) is 2.54. The van der Waals surface area contributed by atoms with Crippen LogP contribution >= 0.6 is 11.6 Å². The number of nitrogens with one attached hydrogen (secondary N) is 1. The Morgan fingerprint density at radius 3 is 2.52 bits per heavy atom. The van der Waals surface area contributed by atoms with Crippen LogP contribution in [0, 0.1) is 0 Å². The molecule has 0 bridgehead atoms. The highest BCUT2D eigenvalue weighted by molar-refractivity contribution is 6.30. The Bertz CT molecular complexity index is 700. The van der Waals surface area contributed by atoms with Gasteiger partial charge in [-0.25, -0.2) is 4.79 Å². The van der Waals surface area contributed by atoms with Crippen molar-refractivity contribution in [3.63, 3.8) is 0 Å². The van der Waals surface area contributed by atoms with Crippen molar-refractivity contribution in [3.05, 3.63) is 64.7 Å². The zero-order chi connectivity index (χ0) is 16.8. The standard InChI is InChI=1S/C17H16ClNO4/c1-11(16(21)19-15-4-2-3-14(18)9-15)23-17(22)13-7-5-12(10-20)6-8-13/h2-9,11,20H,10H2,1H3,(H,19,21)/t11-/m1/s1. The van der Waals surface area contributed by atoms with E-state index in [-0.39, 0.29) is 6.61 Å². The van der Waals surface area contributed by atoms with Gasteiger partial charge in [-0.1, -0.05) is 29.8 Å². The summed E-state index contributed by atoms with van der Waals surface area (Å²) < 4.78 is 5.13. The molecule has 6 heteroatoms. The molecule has 0 saturated carbocycles. The molecule has 0 radical (unpaired) electrons. The van der Waals surface area contributed by atoms with Crippen molar-refractivity contribution in [2.75, 3.05) is 5.32 Å². The minimum atomic E-state index is -0.959. The van der Waals surface area contributed by atoms with Gasteiger partial charge in [0.2, 0.25) is 0 Å². The van der Waals surface area contributed by atoms with Crippen molar-refractivity contribution in [1.29, 1.82) is 0 Å². The van der Waals surface area contributed by atoms with Crippen LogP contribution in [0.4, 0.5) is 5.69 Å². The van der Waals surface area contributed by atoms with E-state index in [2.05, 4.69) is 5.32 Å². The minimum Gasteiger partial charge on any atom is -0.449 e. The third-order valence-corrected chi connectivity index (χ3v) is 3.35. The summed E-state index contributed by atoms with van der Waals surface area (Å²) in [4.78, 5) is 24.0. The Balaban J connectivity index is 1.95. The Hall–Kier alpha value is -2.37. The number of benzene rings is 2. The van der Waals surface area contributed by atoms with Crippen molar-refractivity contribution < 1.29 is 19.4 Å². The van der Waals surface area contributed by atoms with Gasteiger partial charge in [0.05, 0.1) is 12.2 Å². The maximum atomic E-state index is 12.0. The number of amides is 1. The summed E-state index contributed by atoms with van der Waals surface area (Å²) in [7, 11) is 0. The number of hydrogen-bond acceptors (Lipinski definition) is 4. The first-order valence-corrected chi connectivity index (χ1v) is 7.34. The molecule has 0 spiro atoms. The number of aliphatic hydroxyl groups excluding tert-OH is 1. The predicted octanol–water partition coefficient (Wildman–Crippen LogP) is 3.02. The van der Waals surface area contributed by atoms with Gasteiger partial charge in [0.1, 0.15) is 0 Å². The number of carbonyl (C=O) groups excluding carboxylic acids is 2. The fraction of sp³-hybridized carbons (Fsp3) is 0.176. The maximum Gasteiger partial charge on any atom is 0.338 e. The van der Waals surface area contributed by atoms with Gasteiger partial charge < -0.3 is 15.2 Å². The van der Waals surface area contributed by atoms with Crippen LogP contribution in [0.5, 0.6) is 0 Å². The van der Waals surface area contributed by atoms with Crippen LogP contribution in [-0.2, 0) is 16.1 Å². The van der Waals surface area contributed by atoms with E-state index >= 15 is 0 Å². The molecular formula is C17H16ClNO4. The summed E-state index contributed by atoms with van der Waals surface area (Å²) >= 11 is 5.84. The van der Waals surface area contributed by atoms with Crippen LogP contribution in [-0.4, -0.2) is 23.1 Å². The summed E-state index contributed by atoms with van der Waals surface area (Å²) in [5.41, 5.74) is 1.52. The van der Waals surface area contributed by atoms with Crippen molar-refractivity contribution in [2.45, 2.75) is 19.6 Å². The lowest BCUT2D eigenvalue weighted by Crippen LogP contribution is -2.30. The van der Waals surface area contributed by atoms with Gasteiger partial charge in [-0.2, -0.15) is 0 Å². The van der Waals surface area contributed by atoms with Gasteiger partial charge in [-0.15, -0.1) is 0 Å². The molecule has 0 aliphatic rings. The fourth-order valence-corrected chi connectivity index (χ4v) is 2.03. The SMILES string of the molecule is C[C@@H](OC(=O)c1ccc(CO)cc1)C(=O)Nc1cccc(Cl)c1. The smallest absolute Gasteiger partial charge is 0.338 e. The van der Waals surface area contributed by atoms with Gasteiger partial charge in [0, 0.05) is 10.7 Å². The molecule has 0 aliphatic heterocycles. The van der Waals surface area contributed by atoms with Crippen LogP contribution in [0.15, 0.2) is 48.5 Å². The second-order valence-electron chi connectivity index (χ2n) is 4.90. The topological polar surface area (TPSA) is 75.6 Å². The zero-order valence-electron chi connectivity index (χ0n) is 12.5. The first kappa shape index (κ1) is 17.0. The molecule has 120 valence electrons. The first-order valence-electron chi connectivity index (χ1n) is 6.97. The number of ether oxygens (including phenoxy) is 1. The second kappa shape index (κ2) is 7.76. The number of hydrogen-bond donors (Lipinski definition) is 2. The number of aliphatic hydroxyl groups is 1. The monoisotopic (exact) mass is 333 g/mol. The highest BCUT2D eigenvalue weighted by Gasteiger charge is 2.19. The minimum absolute atomic E-state index is 0.103. The molecule has 1 amide bonds. The lowest BCUT2D eigenvalue weighted by Gasteiger charge is -2.13. The van der Waals surface area contributed by atoms with Gasteiger partial charge >= 0.3 is 5.97 Å². The summed E-state index contributed by atoms with van der Waals surface area (Å²) in [6, 6.07) is 13.0. The van der Waals surface area contributed by atoms with Crippen molar-refractivity contribution in [3.8, 4) is 0 Å². The summed E-state index contributed by atoms with van der Waals surface area (Å²) in [6.45, 7) is 1.38. The van der Waals surface area contributed by atoms with Gasteiger partial charge in [0.15, 0.2) is 6.10 Å². The lowest BCUT2D eigenvalue weighted by molar-refractivity contribution is -0.123. The quantitative estimate of drug-likeness (QED) is 0.825. The van der Waals surface area contributed by atoms with Crippen LogP contribution in [0.2, 0.25) is 5.02 Å². The van der Waals surface area contributed by atoms with E-state index in [1.807, 2.05) is 0 Å². The van der Waals surface area contributed by atoms with Crippen LogP contribution < -0.4 is 5.32 Å². The number of halogens is 1. The number of rotatable bonds is 5. The van der Waals surface area contributed by atoms with Crippen molar-refractivity contribution in [1.82, 2.24) is 0 Å². The normalized spacial score (nSPS) is 11.6. The van der Waals surface area contributed by atoms with E-state index < -0.39 is 18.0 Å². The Morgan fingerprint density at radius 1 is 1.22 bits per heavy atom. The zero-order valence-corrected chi connectivity index (χ0v) is 13.2. The van der Waals surface area contributed by atoms with E-state index in [0.717, 1.165) is 0 Å². The molecule has 0 unspecified atom stereocenters. The number of esters is 1. The molecule has 0 fully saturated rings. The van der Waals surface area contributed by atoms with Crippen LogP contribution in [0.25, 0.3) is 0 Å². The van der Waals surface area contributed by atoms with E-state index in [9.17, 15) is 9.59 Å². The first-order chi connectivity index (χ1) is 11.0.